The van der Waals surface area contributed by atoms with Crippen LogP contribution in [0, 0.1) is 17.5 Å². The maximum Gasteiger partial charge on any atom is 0.194 e. The van der Waals surface area contributed by atoms with Crippen LogP contribution in [0.2, 0.25) is 0 Å². The molecule has 20 heavy (non-hydrogen) atoms. The Morgan fingerprint density at radius 2 is 1.90 bits per heavy atom. The van der Waals surface area contributed by atoms with Crippen molar-refractivity contribution in [3.63, 3.8) is 0 Å². The van der Waals surface area contributed by atoms with Crippen LogP contribution in [0.5, 0.6) is 0 Å². The van der Waals surface area contributed by atoms with E-state index in [9.17, 15) is 21.6 Å². The molecule has 1 saturated heterocycles. The second kappa shape index (κ2) is 5.73. The van der Waals surface area contributed by atoms with Crippen LogP contribution in [-0.2, 0) is 9.84 Å². The van der Waals surface area contributed by atoms with Crippen molar-refractivity contribution in [3.05, 3.63) is 35.1 Å². The largest absolute Gasteiger partial charge is 0.312 e. The maximum absolute atomic E-state index is 13.9. The predicted molar refractivity (Wildman–Crippen MR) is 69.5 cm³/mol. The van der Waals surface area contributed by atoms with Gasteiger partial charge in [0.05, 0.1) is 17.0 Å². The minimum atomic E-state index is -3.37. The number of sulfone groups is 1. The van der Waals surface area contributed by atoms with Gasteiger partial charge in [0, 0.05) is 5.56 Å². The second-order valence-electron chi connectivity index (χ2n) is 4.93. The first-order valence-corrected chi connectivity index (χ1v) is 8.12. The zero-order valence-electron chi connectivity index (χ0n) is 11.0. The molecule has 2 rings (SSSR count). The van der Waals surface area contributed by atoms with E-state index in [1.807, 2.05) is 0 Å². The smallest absolute Gasteiger partial charge is 0.194 e. The molecular formula is C13H16F3NO2S. The van der Waals surface area contributed by atoms with E-state index in [4.69, 9.17) is 0 Å². The summed E-state index contributed by atoms with van der Waals surface area (Å²) in [4.78, 5) is 0. The van der Waals surface area contributed by atoms with Crippen molar-refractivity contribution in [2.24, 2.45) is 0 Å². The Labute approximate surface area is 116 Å². The molecule has 112 valence electrons. The highest BCUT2D eigenvalue weighted by Gasteiger charge is 2.37. The number of hydrogen-bond acceptors (Lipinski definition) is 3. The van der Waals surface area contributed by atoms with E-state index in [1.165, 1.54) is 7.05 Å². The molecular weight excluding hydrogens is 291 g/mol. The summed E-state index contributed by atoms with van der Waals surface area (Å²) in [5, 5.41) is 1.90. The normalized spacial score (nSPS) is 23.5. The molecule has 0 bridgehead atoms. The summed E-state index contributed by atoms with van der Waals surface area (Å²) in [5.41, 5.74) is -0.151. The van der Waals surface area contributed by atoms with Crippen LogP contribution in [0.25, 0.3) is 0 Å². The van der Waals surface area contributed by atoms with Crippen LogP contribution in [0.1, 0.15) is 30.9 Å². The average molecular weight is 307 g/mol. The van der Waals surface area contributed by atoms with E-state index < -0.39 is 38.6 Å². The number of nitrogens with one attached hydrogen (secondary N) is 1. The number of rotatable bonds is 3. The van der Waals surface area contributed by atoms with Crippen molar-refractivity contribution in [1.82, 2.24) is 5.32 Å². The predicted octanol–water partition coefficient (Wildman–Crippen LogP) is 2.33. The minimum Gasteiger partial charge on any atom is -0.312 e. The molecule has 1 aliphatic rings. The molecule has 1 N–H and O–H groups in total. The summed E-state index contributed by atoms with van der Waals surface area (Å²) in [6, 6.07) is 1.03. The molecule has 0 aliphatic carbocycles. The van der Waals surface area contributed by atoms with Gasteiger partial charge in [0.1, 0.15) is 0 Å². The quantitative estimate of drug-likeness (QED) is 0.872. The Morgan fingerprint density at radius 1 is 1.20 bits per heavy atom. The summed E-state index contributed by atoms with van der Waals surface area (Å²) in [6.45, 7) is 0. The molecule has 1 aromatic carbocycles. The molecule has 7 heteroatoms. The van der Waals surface area contributed by atoms with Crippen molar-refractivity contribution >= 4 is 9.84 Å². The number of hydrogen-bond donors (Lipinski definition) is 1. The molecule has 0 spiro atoms. The van der Waals surface area contributed by atoms with Crippen LogP contribution in [0.15, 0.2) is 12.1 Å². The summed E-state index contributed by atoms with van der Waals surface area (Å²) >= 11 is 0. The van der Waals surface area contributed by atoms with Crippen LogP contribution in [0.4, 0.5) is 13.2 Å². The Hall–Kier alpha value is -1.08. The topological polar surface area (TPSA) is 46.2 Å². The van der Waals surface area contributed by atoms with Crippen LogP contribution < -0.4 is 5.32 Å². The summed E-state index contributed by atoms with van der Waals surface area (Å²) in [7, 11) is -1.89. The van der Waals surface area contributed by atoms with E-state index in [0.29, 0.717) is 19.3 Å². The second-order valence-corrected chi connectivity index (χ2v) is 7.27. The lowest BCUT2D eigenvalue weighted by Crippen LogP contribution is -2.39. The fourth-order valence-electron chi connectivity index (χ4n) is 2.68. The minimum absolute atomic E-state index is 0.0428. The van der Waals surface area contributed by atoms with Gasteiger partial charge in [-0.05, 0) is 26.0 Å². The van der Waals surface area contributed by atoms with Gasteiger partial charge in [-0.25, -0.2) is 21.6 Å². The van der Waals surface area contributed by atoms with E-state index >= 15 is 0 Å². The molecule has 0 saturated carbocycles. The number of halogens is 3. The van der Waals surface area contributed by atoms with Crippen molar-refractivity contribution in [3.8, 4) is 0 Å². The van der Waals surface area contributed by atoms with Gasteiger partial charge in [0.25, 0.3) is 0 Å². The van der Waals surface area contributed by atoms with E-state index in [-0.39, 0.29) is 11.3 Å². The van der Waals surface area contributed by atoms with Gasteiger partial charge in [-0.1, -0.05) is 12.5 Å². The van der Waals surface area contributed by atoms with Crippen LogP contribution in [0.3, 0.4) is 0 Å². The lowest BCUT2D eigenvalue weighted by molar-refractivity contribution is 0.414. The first kappa shape index (κ1) is 15.3. The van der Waals surface area contributed by atoms with Crippen molar-refractivity contribution in [2.45, 2.75) is 30.6 Å². The first-order chi connectivity index (χ1) is 9.38. The highest BCUT2D eigenvalue weighted by Crippen LogP contribution is 2.32. The van der Waals surface area contributed by atoms with Crippen LogP contribution in [-0.4, -0.2) is 26.5 Å². The number of benzene rings is 1. The Balaban J connectivity index is 2.45. The van der Waals surface area contributed by atoms with Crippen molar-refractivity contribution in [2.75, 3.05) is 12.8 Å². The Kier molecular flexibility index (Phi) is 4.39. The molecule has 0 amide bonds. The third-order valence-corrected chi connectivity index (χ3v) is 6.00. The van der Waals surface area contributed by atoms with Gasteiger partial charge >= 0.3 is 0 Å². The highest BCUT2D eigenvalue weighted by atomic mass is 32.2. The molecule has 1 aromatic rings. The summed E-state index contributed by atoms with van der Waals surface area (Å²) in [6.07, 6.45) is 1.68. The molecule has 2 unspecified atom stereocenters. The van der Waals surface area contributed by atoms with E-state index in [0.717, 1.165) is 12.1 Å². The van der Waals surface area contributed by atoms with Gasteiger partial charge in [0.15, 0.2) is 27.3 Å². The Bertz CT molecular complexity index is 604. The Morgan fingerprint density at radius 3 is 2.50 bits per heavy atom. The molecule has 1 heterocycles. The molecule has 1 aliphatic heterocycles. The monoisotopic (exact) mass is 307 g/mol. The molecule has 0 radical (unpaired) electrons. The first-order valence-electron chi connectivity index (χ1n) is 6.40. The van der Waals surface area contributed by atoms with E-state index in [2.05, 4.69) is 5.32 Å². The third kappa shape index (κ3) is 2.69. The zero-order chi connectivity index (χ0) is 14.9. The summed E-state index contributed by atoms with van der Waals surface area (Å²) < 4.78 is 64.3. The van der Waals surface area contributed by atoms with Gasteiger partial charge in [0.2, 0.25) is 0 Å². The molecule has 1 fully saturated rings. The third-order valence-electron chi connectivity index (χ3n) is 3.71. The molecule has 0 aromatic heterocycles. The highest BCUT2D eigenvalue weighted by molar-refractivity contribution is 7.92. The lowest BCUT2D eigenvalue weighted by atomic mass is 9.99. The maximum atomic E-state index is 13.9. The van der Waals surface area contributed by atoms with Crippen LogP contribution >= 0.6 is 0 Å². The van der Waals surface area contributed by atoms with Gasteiger partial charge < -0.3 is 5.32 Å². The average Bonchev–Trinajstić information content (AvgIpc) is 2.40. The fourth-order valence-corrected chi connectivity index (χ4v) is 4.81. The molecule has 2 atom stereocenters. The van der Waals surface area contributed by atoms with Crippen molar-refractivity contribution in [1.29, 1.82) is 0 Å². The van der Waals surface area contributed by atoms with Crippen molar-refractivity contribution < 1.29 is 21.6 Å². The van der Waals surface area contributed by atoms with Gasteiger partial charge in [-0.15, -0.1) is 0 Å². The van der Waals surface area contributed by atoms with E-state index in [1.54, 1.807) is 0 Å². The fraction of sp³-hybridized carbons (Fsp3) is 0.538. The summed E-state index contributed by atoms with van der Waals surface area (Å²) in [5.74, 6) is -4.14. The SMILES string of the molecule is CNC(c1ccc(F)c(F)c1F)C1CCCCS1(=O)=O. The standard InChI is InChI=1S/C13H16F3NO2S/c1-17-13(10-4-2-3-7-20(10,18)19)8-5-6-9(14)12(16)11(8)15/h5-6,10,13,17H,2-4,7H2,1H3. The zero-order valence-corrected chi connectivity index (χ0v) is 11.8. The van der Waals surface area contributed by atoms with Gasteiger partial charge in [-0.2, -0.15) is 0 Å². The van der Waals surface area contributed by atoms with Gasteiger partial charge in [-0.3, -0.25) is 0 Å². The lowest BCUT2D eigenvalue weighted by Gasteiger charge is -2.30. The molecule has 3 nitrogen and oxygen atoms in total.